The fraction of sp³-hybridized carbons (Fsp3) is 0.318. The van der Waals surface area contributed by atoms with Crippen molar-refractivity contribution in [2.45, 2.75) is 39.2 Å². The lowest BCUT2D eigenvalue weighted by atomic mass is 10.1. The van der Waals surface area contributed by atoms with Gasteiger partial charge in [0.25, 0.3) is 0 Å². The molecular formula is C22H25N3O2. The van der Waals surface area contributed by atoms with E-state index in [9.17, 15) is 4.79 Å². The molecule has 0 N–H and O–H groups in total. The van der Waals surface area contributed by atoms with E-state index < -0.39 is 0 Å². The van der Waals surface area contributed by atoms with E-state index in [1.165, 1.54) is 5.56 Å². The van der Waals surface area contributed by atoms with Crippen LogP contribution in [0.15, 0.2) is 65.2 Å². The van der Waals surface area contributed by atoms with Gasteiger partial charge in [0.15, 0.2) is 0 Å². The first-order valence-electron chi connectivity index (χ1n) is 9.35. The monoisotopic (exact) mass is 363 g/mol. The molecule has 0 aliphatic carbocycles. The van der Waals surface area contributed by atoms with Gasteiger partial charge in [0.1, 0.15) is 0 Å². The van der Waals surface area contributed by atoms with Crippen molar-refractivity contribution in [2.75, 3.05) is 6.54 Å². The highest BCUT2D eigenvalue weighted by Crippen LogP contribution is 2.15. The van der Waals surface area contributed by atoms with Crippen LogP contribution in [-0.2, 0) is 17.6 Å². The summed E-state index contributed by atoms with van der Waals surface area (Å²) >= 11 is 0. The number of rotatable bonds is 8. The second-order valence-corrected chi connectivity index (χ2v) is 6.79. The number of nitrogens with zero attached hydrogens (tertiary/aromatic N) is 3. The maximum Gasteiger partial charge on any atom is 0.228 e. The average Bonchev–Trinajstić information content (AvgIpc) is 3.17. The molecule has 5 heteroatoms. The van der Waals surface area contributed by atoms with Crippen molar-refractivity contribution < 1.29 is 9.32 Å². The van der Waals surface area contributed by atoms with Crippen LogP contribution in [-0.4, -0.2) is 33.5 Å². The Labute approximate surface area is 160 Å². The molecule has 0 spiro atoms. The van der Waals surface area contributed by atoms with Crippen LogP contribution in [0, 0.1) is 0 Å². The van der Waals surface area contributed by atoms with Crippen molar-refractivity contribution in [3.8, 4) is 11.4 Å². The number of carbonyl (C=O) groups excluding carboxylic acids is 1. The molecule has 2 aromatic carbocycles. The maximum atomic E-state index is 12.7. The van der Waals surface area contributed by atoms with Gasteiger partial charge in [-0.25, -0.2) is 0 Å². The summed E-state index contributed by atoms with van der Waals surface area (Å²) in [5.74, 6) is 1.28. The van der Waals surface area contributed by atoms with E-state index in [0.717, 1.165) is 12.0 Å². The van der Waals surface area contributed by atoms with E-state index in [4.69, 9.17) is 4.52 Å². The Morgan fingerprint density at radius 3 is 2.33 bits per heavy atom. The predicted octanol–water partition coefficient (Wildman–Crippen LogP) is 4.15. The molecule has 1 amide bonds. The smallest absolute Gasteiger partial charge is 0.228 e. The number of hydrogen-bond acceptors (Lipinski definition) is 4. The van der Waals surface area contributed by atoms with Gasteiger partial charge in [-0.1, -0.05) is 65.8 Å². The molecule has 27 heavy (non-hydrogen) atoms. The van der Waals surface area contributed by atoms with Crippen LogP contribution in [0.1, 0.15) is 31.7 Å². The molecule has 5 nitrogen and oxygen atoms in total. The van der Waals surface area contributed by atoms with Crippen LogP contribution >= 0.6 is 0 Å². The normalized spacial score (nSPS) is 10.9. The SMILES string of the molecule is CC(C)N(CCc1nc(-c2ccccc2)no1)C(=O)CCc1ccccc1. The minimum absolute atomic E-state index is 0.129. The Kier molecular flexibility index (Phi) is 6.36. The quantitative estimate of drug-likeness (QED) is 0.603. The summed E-state index contributed by atoms with van der Waals surface area (Å²) in [4.78, 5) is 19.0. The van der Waals surface area contributed by atoms with Crippen molar-refractivity contribution in [2.24, 2.45) is 0 Å². The van der Waals surface area contributed by atoms with Crippen molar-refractivity contribution in [1.29, 1.82) is 0 Å². The molecule has 0 bridgehead atoms. The number of benzene rings is 2. The molecule has 0 aliphatic heterocycles. The van der Waals surface area contributed by atoms with Gasteiger partial charge in [-0.05, 0) is 25.8 Å². The van der Waals surface area contributed by atoms with Crippen LogP contribution in [0.5, 0.6) is 0 Å². The highest BCUT2D eigenvalue weighted by atomic mass is 16.5. The first-order valence-corrected chi connectivity index (χ1v) is 9.35. The second-order valence-electron chi connectivity index (χ2n) is 6.79. The summed E-state index contributed by atoms with van der Waals surface area (Å²) in [6.07, 6.45) is 1.80. The minimum atomic E-state index is 0.129. The number of aryl methyl sites for hydroxylation is 1. The van der Waals surface area contributed by atoms with Crippen molar-refractivity contribution in [3.63, 3.8) is 0 Å². The van der Waals surface area contributed by atoms with E-state index in [2.05, 4.69) is 22.3 Å². The van der Waals surface area contributed by atoms with E-state index in [0.29, 0.717) is 31.1 Å². The van der Waals surface area contributed by atoms with Gasteiger partial charge in [-0.15, -0.1) is 0 Å². The maximum absolute atomic E-state index is 12.7. The third-order valence-electron chi connectivity index (χ3n) is 4.48. The van der Waals surface area contributed by atoms with Crippen molar-refractivity contribution in [1.82, 2.24) is 15.0 Å². The zero-order chi connectivity index (χ0) is 19.1. The third-order valence-corrected chi connectivity index (χ3v) is 4.48. The summed E-state index contributed by atoms with van der Waals surface area (Å²) < 4.78 is 5.36. The zero-order valence-electron chi connectivity index (χ0n) is 15.8. The van der Waals surface area contributed by atoms with Gasteiger partial charge in [-0.2, -0.15) is 4.98 Å². The fourth-order valence-corrected chi connectivity index (χ4v) is 2.99. The molecule has 140 valence electrons. The van der Waals surface area contributed by atoms with Gasteiger partial charge >= 0.3 is 0 Å². The Bertz CT molecular complexity index is 844. The first-order chi connectivity index (χ1) is 13.1. The summed E-state index contributed by atoms with van der Waals surface area (Å²) in [6, 6.07) is 19.9. The van der Waals surface area contributed by atoms with E-state index in [-0.39, 0.29) is 11.9 Å². The van der Waals surface area contributed by atoms with Gasteiger partial charge in [0.2, 0.25) is 17.6 Å². The predicted molar refractivity (Wildman–Crippen MR) is 105 cm³/mol. The van der Waals surface area contributed by atoms with E-state index >= 15 is 0 Å². The van der Waals surface area contributed by atoms with E-state index in [1.54, 1.807) is 0 Å². The molecule has 3 rings (SSSR count). The molecule has 1 aromatic heterocycles. The van der Waals surface area contributed by atoms with Crippen LogP contribution in [0.4, 0.5) is 0 Å². The first kappa shape index (κ1) is 18.8. The van der Waals surface area contributed by atoms with Crippen molar-refractivity contribution in [3.05, 3.63) is 72.1 Å². The summed E-state index contributed by atoms with van der Waals surface area (Å²) in [5, 5.41) is 4.04. The van der Waals surface area contributed by atoms with Gasteiger partial charge in [0.05, 0.1) is 0 Å². The molecule has 0 saturated carbocycles. The minimum Gasteiger partial charge on any atom is -0.340 e. The van der Waals surface area contributed by atoms with E-state index in [1.807, 2.05) is 67.3 Å². The topological polar surface area (TPSA) is 59.2 Å². The lowest BCUT2D eigenvalue weighted by Crippen LogP contribution is -2.38. The van der Waals surface area contributed by atoms with Crippen LogP contribution in [0.2, 0.25) is 0 Å². The summed E-state index contributed by atoms with van der Waals surface area (Å²) in [7, 11) is 0. The molecule has 0 atom stereocenters. The van der Waals surface area contributed by atoms with Crippen molar-refractivity contribution >= 4 is 5.91 Å². The van der Waals surface area contributed by atoms with Crippen LogP contribution in [0.3, 0.4) is 0 Å². The van der Waals surface area contributed by atoms with Gasteiger partial charge in [0, 0.05) is 31.0 Å². The molecule has 3 aromatic rings. The van der Waals surface area contributed by atoms with Crippen LogP contribution < -0.4 is 0 Å². The van der Waals surface area contributed by atoms with Gasteiger partial charge < -0.3 is 9.42 Å². The highest BCUT2D eigenvalue weighted by Gasteiger charge is 2.18. The number of carbonyl (C=O) groups is 1. The number of amides is 1. The number of aromatic nitrogens is 2. The standard InChI is InChI=1S/C22H25N3O2/c1-17(2)25(21(26)14-13-18-9-5-3-6-10-18)16-15-20-23-22(24-27-20)19-11-7-4-8-12-19/h3-12,17H,13-16H2,1-2H3. The molecule has 0 fully saturated rings. The third kappa shape index (κ3) is 5.26. The highest BCUT2D eigenvalue weighted by molar-refractivity contribution is 5.76. The Balaban J connectivity index is 1.57. The summed E-state index contributed by atoms with van der Waals surface area (Å²) in [6.45, 7) is 4.63. The Hall–Kier alpha value is -2.95. The molecule has 0 unspecified atom stereocenters. The molecule has 0 aliphatic rings. The van der Waals surface area contributed by atoms with Gasteiger partial charge in [-0.3, -0.25) is 4.79 Å². The van der Waals surface area contributed by atoms with Crippen LogP contribution in [0.25, 0.3) is 11.4 Å². The molecule has 0 radical (unpaired) electrons. The largest absolute Gasteiger partial charge is 0.340 e. The second kappa shape index (κ2) is 9.12. The molecule has 0 saturated heterocycles. The zero-order valence-corrected chi connectivity index (χ0v) is 15.8. The lowest BCUT2D eigenvalue weighted by molar-refractivity contribution is -0.132. The number of hydrogen-bond donors (Lipinski definition) is 0. The summed E-state index contributed by atoms with van der Waals surface area (Å²) in [5.41, 5.74) is 2.10. The average molecular weight is 363 g/mol. The Morgan fingerprint density at radius 1 is 1.00 bits per heavy atom. The molecular weight excluding hydrogens is 338 g/mol. The lowest BCUT2D eigenvalue weighted by Gasteiger charge is -2.26. The fourth-order valence-electron chi connectivity index (χ4n) is 2.99. The Morgan fingerprint density at radius 2 is 1.67 bits per heavy atom. The molecule has 1 heterocycles.